The Morgan fingerprint density at radius 1 is 1.04 bits per heavy atom. The van der Waals surface area contributed by atoms with E-state index in [1.165, 1.54) is 51.5 Å². The summed E-state index contributed by atoms with van der Waals surface area (Å²) >= 11 is 0. The van der Waals surface area contributed by atoms with Crippen molar-refractivity contribution in [1.82, 2.24) is 10.2 Å². The number of rotatable bonds is 3. The van der Waals surface area contributed by atoms with E-state index < -0.39 is 0 Å². The second-order valence-electron chi connectivity index (χ2n) is 9.35. The second kappa shape index (κ2) is 8.86. The molecule has 2 aliphatic carbocycles. The summed E-state index contributed by atoms with van der Waals surface area (Å²) in [6.45, 7) is 1.87. The van der Waals surface area contributed by atoms with Gasteiger partial charge in [0.15, 0.2) is 0 Å². The van der Waals surface area contributed by atoms with Gasteiger partial charge in [0.25, 0.3) is 5.91 Å². The van der Waals surface area contributed by atoms with Crippen LogP contribution in [-0.2, 0) is 0 Å². The molecule has 0 saturated heterocycles. The summed E-state index contributed by atoms with van der Waals surface area (Å²) < 4.78 is 6.46. The predicted octanol–water partition coefficient (Wildman–Crippen LogP) is 4.78. The lowest BCUT2D eigenvalue weighted by atomic mass is 9.81. The summed E-state index contributed by atoms with van der Waals surface area (Å²) in [5, 5.41) is 3.11. The quantitative estimate of drug-likeness (QED) is 0.815. The molecule has 1 N–H and O–H groups in total. The van der Waals surface area contributed by atoms with Crippen LogP contribution in [0.2, 0.25) is 0 Å². The predicted molar refractivity (Wildman–Crippen MR) is 113 cm³/mol. The van der Waals surface area contributed by atoms with Gasteiger partial charge in [-0.3, -0.25) is 4.79 Å². The lowest BCUT2D eigenvalue weighted by Crippen LogP contribution is -2.51. The van der Waals surface area contributed by atoms with E-state index in [1.807, 2.05) is 24.3 Å². The summed E-state index contributed by atoms with van der Waals surface area (Å²) in [5.74, 6) is 1.62. The molecule has 1 amide bonds. The van der Waals surface area contributed by atoms with Crippen LogP contribution in [0, 0.1) is 5.92 Å². The fourth-order valence-corrected chi connectivity index (χ4v) is 5.48. The van der Waals surface area contributed by atoms with E-state index in [1.54, 1.807) is 0 Å². The molecule has 1 aromatic rings. The van der Waals surface area contributed by atoms with Crippen LogP contribution in [0.4, 0.5) is 0 Å². The van der Waals surface area contributed by atoms with Crippen molar-refractivity contribution in [3.8, 4) is 5.75 Å². The number of ether oxygens (including phenoxy) is 1. The third-order valence-corrected chi connectivity index (χ3v) is 7.29. The Morgan fingerprint density at radius 2 is 1.71 bits per heavy atom. The Morgan fingerprint density at radius 3 is 2.46 bits per heavy atom. The van der Waals surface area contributed by atoms with Crippen LogP contribution in [-0.4, -0.2) is 42.6 Å². The van der Waals surface area contributed by atoms with Gasteiger partial charge >= 0.3 is 0 Å². The van der Waals surface area contributed by atoms with Gasteiger partial charge in [-0.05, 0) is 63.6 Å². The maximum absolute atomic E-state index is 12.4. The molecule has 0 bridgehead atoms. The minimum atomic E-state index is -0.236. The average Bonchev–Trinajstić information content (AvgIpc) is 2.82. The molecule has 3 aliphatic rings. The molecule has 0 radical (unpaired) electrons. The van der Waals surface area contributed by atoms with Crippen LogP contribution in [0.3, 0.4) is 0 Å². The standard InChI is InChI=1S/C24H36N2O2/c1-26(17-19-9-5-3-2-4-6-10-19)20-13-15-24(16-14-20)18-25-23(27)21-11-7-8-12-22(21)28-24/h7-8,11-12,19-20H,2-6,9-10,13-18H2,1H3,(H,25,27). The highest BCUT2D eigenvalue weighted by Crippen LogP contribution is 2.37. The van der Waals surface area contributed by atoms with Crippen molar-refractivity contribution in [2.45, 2.75) is 82.3 Å². The lowest BCUT2D eigenvalue weighted by Gasteiger charge is -2.42. The van der Waals surface area contributed by atoms with Gasteiger partial charge in [-0.15, -0.1) is 0 Å². The van der Waals surface area contributed by atoms with Crippen molar-refractivity contribution in [3.63, 3.8) is 0 Å². The number of benzene rings is 1. The van der Waals surface area contributed by atoms with E-state index in [0.717, 1.165) is 37.4 Å². The third-order valence-electron chi connectivity index (χ3n) is 7.29. The van der Waals surface area contributed by atoms with Gasteiger partial charge in [-0.1, -0.05) is 44.2 Å². The minimum Gasteiger partial charge on any atom is -0.485 e. The molecule has 1 heterocycles. The number of fused-ring (bicyclic) bond motifs is 1. The molecular weight excluding hydrogens is 348 g/mol. The van der Waals surface area contributed by atoms with Crippen LogP contribution in [0.25, 0.3) is 0 Å². The maximum Gasteiger partial charge on any atom is 0.255 e. The first-order valence-electron chi connectivity index (χ1n) is 11.4. The molecule has 2 fully saturated rings. The van der Waals surface area contributed by atoms with Crippen molar-refractivity contribution in [3.05, 3.63) is 29.8 Å². The van der Waals surface area contributed by atoms with E-state index in [2.05, 4.69) is 17.3 Å². The van der Waals surface area contributed by atoms with Gasteiger partial charge in [0.1, 0.15) is 11.4 Å². The van der Waals surface area contributed by atoms with Crippen molar-refractivity contribution in [2.75, 3.05) is 20.1 Å². The monoisotopic (exact) mass is 384 g/mol. The molecule has 4 heteroatoms. The van der Waals surface area contributed by atoms with Crippen molar-refractivity contribution in [1.29, 1.82) is 0 Å². The highest BCUT2D eigenvalue weighted by molar-refractivity contribution is 5.97. The number of nitrogens with one attached hydrogen (secondary N) is 1. The largest absolute Gasteiger partial charge is 0.485 e. The Bertz CT molecular complexity index is 658. The van der Waals surface area contributed by atoms with Crippen molar-refractivity contribution in [2.24, 2.45) is 5.92 Å². The third kappa shape index (κ3) is 4.53. The van der Waals surface area contributed by atoms with E-state index in [-0.39, 0.29) is 11.5 Å². The van der Waals surface area contributed by atoms with Crippen LogP contribution in [0.5, 0.6) is 5.75 Å². The molecule has 4 nitrogen and oxygen atoms in total. The Hall–Kier alpha value is -1.55. The lowest BCUT2D eigenvalue weighted by molar-refractivity contribution is 0.00727. The summed E-state index contributed by atoms with van der Waals surface area (Å²) in [4.78, 5) is 15.0. The maximum atomic E-state index is 12.4. The normalized spacial score (nSPS) is 29.4. The summed E-state index contributed by atoms with van der Waals surface area (Å²) in [5.41, 5.74) is 0.433. The first kappa shape index (κ1) is 19.8. The summed E-state index contributed by atoms with van der Waals surface area (Å²) in [7, 11) is 2.33. The minimum absolute atomic E-state index is 0.00371. The molecule has 2 saturated carbocycles. The zero-order chi connectivity index (χ0) is 19.4. The number of amides is 1. The van der Waals surface area contributed by atoms with Gasteiger partial charge < -0.3 is 15.0 Å². The van der Waals surface area contributed by atoms with Crippen LogP contribution in [0.1, 0.15) is 81.0 Å². The molecule has 1 spiro atoms. The van der Waals surface area contributed by atoms with Crippen LogP contribution in [0.15, 0.2) is 24.3 Å². The zero-order valence-electron chi connectivity index (χ0n) is 17.4. The number of para-hydroxylation sites is 1. The SMILES string of the molecule is CN(CC1CCCCCCC1)C1CCC2(CC1)CNC(=O)c1ccccc1O2. The fourth-order valence-electron chi connectivity index (χ4n) is 5.48. The molecule has 1 aromatic carbocycles. The topological polar surface area (TPSA) is 41.6 Å². The fraction of sp³-hybridized carbons (Fsp3) is 0.708. The number of carbonyl (C=O) groups excluding carboxylic acids is 1. The molecule has 0 atom stereocenters. The Balaban J connectivity index is 1.34. The smallest absolute Gasteiger partial charge is 0.255 e. The number of carbonyl (C=O) groups is 1. The molecule has 154 valence electrons. The Labute approximate surface area is 170 Å². The van der Waals surface area contributed by atoms with Gasteiger partial charge in [0.2, 0.25) is 0 Å². The van der Waals surface area contributed by atoms with E-state index in [0.29, 0.717) is 18.2 Å². The molecule has 0 unspecified atom stereocenters. The van der Waals surface area contributed by atoms with Crippen LogP contribution < -0.4 is 10.1 Å². The highest BCUT2D eigenvalue weighted by Gasteiger charge is 2.41. The molecule has 1 aliphatic heterocycles. The number of hydrogen-bond donors (Lipinski definition) is 1. The van der Waals surface area contributed by atoms with E-state index >= 15 is 0 Å². The van der Waals surface area contributed by atoms with E-state index in [9.17, 15) is 4.79 Å². The molecular formula is C24H36N2O2. The first-order valence-corrected chi connectivity index (χ1v) is 11.4. The summed E-state index contributed by atoms with van der Waals surface area (Å²) in [6, 6.07) is 8.31. The van der Waals surface area contributed by atoms with Gasteiger partial charge in [0.05, 0.1) is 12.1 Å². The number of nitrogens with zero attached hydrogens (tertiary/aromatic N) is 1. The van der Waals surface area contributed by atoms with Crippen molar-refractivity contribution < 1.29 is 9.53 Å². The number of hydrogen-bond acceptors (Lipinski definition) is 3. The zero-order valence-corrected chi connectivity index (χ0v) is 17.4. The summed E-state index contributed by atoms with van der Waals surface area (Å²) in [6.07, 6.45) is 14.3. The molecule has 0 aromatic heterocycles. The van der Waals surface area contributed by atoms with Crippen molar-refractivity contribution >= 4 is 5.91 Å². The highest BCUT2D eigenvalue weighted by atomic mass is 16.5. The second-order valence-corrected chi connectivity index (χ2v) is 9.35. The molecule has 28 heavy (non-hydrogen) atoms. The van der Waals surface area contributed by atoms with Gasteiger partial charge in [0, 0.05) is 12.6 Å². The first-order chi connectivity index (χ1) is 13.7. The van der Waals surface area contributed by atoms with Gasteiger partial charge in [-0.25, -0.2) is 0 Å². The average molecular weight is 385 g/mol. The van der Waals surface area contributed by atoms with E-state index in [4.69, 9.17) is 4.74 Å². The van der Waals surface area contributed by atoms with Gasteiger partial charge in [-0.2, -0.15) is 0 Å². The Kier molecular flexibility index (Phi) is 6.25. The molecule has 4 rings (SSSR count). The van der Waals surface area contributed by atoms with Crippen LogP contribution >= 0.6 is 0 Å².